The summed E-state index contributed by atoms with van der Waals surface area (Å²) in [6.07, 6.45) is -0.924. The maximum atomic E-state index is 13.6. The molecule has 12 heteroatoms. The molecule has 1 aromatic heterocycles. The number of benzene rings is 2. The van der Waals surface area contributed by atoms with Gasteiger partial charge in [-0.3, -0.25) is 9.36 Å². The molecular formula is C27H34N3O8P. The average Bonchev–Trinajstić information content (AvgIpc) is 2.93. The zero-order chi connectivity index (χ0) is 28.4. The lowest BCUT2D eigenvalue weighted by molar-refractivity contribution is -0.127. The van der Waals surface area contributed by atoms with Crippen LogP contribution in [0.15, 0.2) is 54.6 Å². The van der Waals surface area contributed by atoms with Crippen molar-refractivity contribution in [2.45, 2.75) is 39.6 Å². The fourth-order valence-electron chi connectivity index (χ4n) is 3.48. The Balaban J connectivity index is 1.72. The second kappa shape index (κ2) is 13.9. The second-order valence-electron chi connectivity index (χ2n) is 8.27. The molecule has 1 heterocycles. The van der Waals surface area contributed by atoms with Crippen molar-refractivity contribution >= 4 is 13.5 Å². The fraction of sp³-hybridized carbons (Fsp3) is 0.370. The summed E-state index contributed by atoms with van der Waals surface area (Å²) in [6.45, 7) is 7.28. The molecule has 210 valence electrons. The minimum atomic E-state index is -3.73. The van der Waals surface area contributed by atoms with Crippen LogP contribution < -0.4 is 24.3 Å². The van der Waals surface area contributed by atoms with Crippen LogP contribution in [0.2, 0.25) is 0 Å². The van der Waals surface area contributed by atoms with Gasteiger partial charge in [-0.1, -0.05) is 29.8 Å². The lowest BCUT2D eigenvalue weighted by atomic mass is 10.1. The Kier molecular flexibility index (Phi) is 10.7. The summed E-state index contributed by atoms with van der Waals surface area (Å²) in [6, 6.07) is 15.4. The predicted octanol–water partition coefficient (Wildman–Crippen LogP) is 5.44. The maximum absolute atomic E-state index is 13.6. The number of hydrogen-bond acceptors (Lipinski definition) is 10. The Morgan fingerprint density at radius 2 is 1.44 bits per heavy atom. The molecule has 0 aliphatic carbocycles. The van der Waals surface area contributed by atoms with Crippen molar-refractivity contribution in [2.24, 2.45) is 0 Å². The first-order valence-corrected chi connectivity index (χ1v) is 14.0. The number of carbonyl (C=O) groups excluding carboxylic acids is 1. The standard InChI is InChI=1S/C27H34N3O8P/c1-7-35-39(32,36-8-2)26(20-11-9-18(3)10-12-20)30-25(31)19(4)37-21-13-15-22(16-14-21)38-27-28-23(33-5)17-24(29-27)34-6/h9-17,19,26H,7-8H2,1-6H3,(H,30,31). The molecule has 0 fully saturated rings. The van der Waals surface area contributed by atoms with Crippen LogP contribution in [-0.4, -0.2) is 49.4 Å². The Hall–Kier alpha value is -3.66. The maximum Gasteiger partial charge on any atom is 0.357 e. The van der Waals surface area contributed by atoms with Crippen LogP contribution in [-0.2, 0) is 18.4 Å². The molecule has 0 saturated heterocycles. The molecule has 0 bridgehead atoms. The van der Waals surface area contributed by atoms with E-state index in [1.165, 1.54) is 20.3 Å². The number of methoxy groups -OCH3 is 2. The third-order valence-electron chi connectivity index (χ3n) is 5.40. The van der Waals surface area contributed by atoms with E-state index in [9.17, 15) is 9.36 Å². The lowest BCUT2D eigenvalue weighted by Gasteiger charge is -2.28. The summed E-state index contributed by atoms with van der Waals surface area (Å²) in [5, 5.41) is 2.81. The van der Waals surface area contributed by atoms with Gasteiger partial charge in [0.15, 0.2) is 11.9 Å². The summed E-state index contributed by atoms with van der Waals surface area (Å²) in [5.41, 5.74) is 1.62. The van der Waals surface area contributed by atoms with E-state index < -0.39 is 25.4 Å². The van der Waals surface area contributed by atoms with Crippen LogP contribution in [0.3, 0.4) is 0 Å². The smallest absolute Gasteiger partial charge is 0.357 e. The molecule has 0 radical (unpaired) electrons. The molecule has 3 rings (SSSR count). The van der Waals surface area contributed by atoms with Crippen molar-refractivity contribution in [1.82, 2.24) is 15.3 Å². The zero-order valence-electron chi connectivity index (χ0n) is 22.9. The van der Waals surface area contributed by atoms with Crippen molar-refractivity contribution in [1.29, 1.82) is 0 Å². The van der Waals surface area contributed by atoms with Crippen molar-refractivity contribution in [3.05, 3.63) is 65.7 Å². The van der Waals surface area contributed by atoms with Gasteiger partial charge in [0.25, 0.3) is 5.91 Å². The first kappa shape index (κ1) is 29.9. The molecule has 2 atom stereocenters. The molecule has 2 aromatic carbocycles. The van der Waals surface area contributed by atoms with Crippen molar-refractivity contribution in [2.75, 3.05) is 27.4 Å². The highest BCUT2D eigenvalue weighted by Gasteiger charge is 2.39. The summed E-state index contributed by atoms with van der Waals surface area (Å²) in [7, 11) is -0.775. The van der Waals surface area contributed by atoms with Gasteiger partial charge in [0.05, 0.1) is 33.5 Å². The Labute approximate surface area is 228 Å². The first-order chi connectivity index (χ1) is 18.7. The molecule has 0 aliphatic rings. The highest BCUT2D eigenvalue weighted by Crippen LogP contribution is 2.59. The van der Waals surface area contributed by atoms with Gasteiger partial charge in [-0.2, -0.15) is 9.97 Å². The third-order valence-corrected chi connectivity index (χ3v) is 7.69. The average molecular weight is 560 g/mol. The van der Waals surface area contributed by atoms with Gasteiger partial charge in [-0.15, -0.1) is 0 Å². The summed E-state index contributed by atoms with van der Waals surface area (Å²) < 4.78 is 46.5. The largest absolute Gasteiger partial charge is 0.481 e. The van der Waals surface area contributed by atoms with E-state index in [-0.39, 0.29) is 19.2 Å². The first-order valence-electron chi connectivity index (χ1n) is 12.4. The van der Waals surface area contributed by atoms with E-state index in [4.69, 9.17) is 28.0 Å². The summed E-state index contributed by atoms with van der Waals surface area (Å²) in [5.74, 6) is -0.0652. The molecule has 1 amide bonds. The Morgan fingerprint density at radius 1 is 0.897 bits per heavy atom. The highest BCUT2D eigenvalue weighted by atomic mass is 31.2. The molecule has 0 saturated carbocycles. The van der Waals surface area contributed by atoms with Crippen molar-refractivity contribution in [3.63, 3.8) is 0 Å². The van der Waals surface area contributed by atoms with Crippen LogP contribution in [0, 0.1) is 6.92 Å². The van der Waals surface area contributed by atoms with E-state index in [0.29, 0.717) is 28.8 Å². The van der Waals surface area contributed by atoms with Gasteiger partial charge >= 0.3 is 13.6 Å². The molecular weight excluding hydrogens is 525 g/mol. The van der Waals surface area contributed by atoms with Crippen molar-refractivity contribution < 1.29 is 37.4 Å². The number of nitrogens with zero attached hydrogens (tertiary/aromatic N) is 2. The SMILES string of the molecule is CCOP(=O)(OCC)C(NC(=O)C(C)Oc1ccc(Oc2nc(OC)cc(OC)n2)cc1)c1ccc(C)cc1. The van der Waals surface area contributed by atoms with Crippen LogP contribution >= 0.6 is 7.60 Å². The van der Waals surface area contributed by atoms with Gasteiger partial charge in [0.1, 0.15) is 11.5 Å². The molecule has 0 spiro atoms. The fourth-order valence-corrected chi connectivity index (χ4v) is 5.39. The topological polar surface area (TPSA) is 127 Å². The van der Waals surface area contributed by atoms with E-state index in [0.717, 1.165) is 5.56 Å². The number of rotatable bonds is 14. The van der Waals surface area contributed by atoms with Crippen LogP contribution in [0.25, 0.3) is 0 Å². The Bertz CT molecular complexity index is 1240. The minimum Gasteiger partial charge on any atom is -0.481 e. The summed E-state index contributed by atoms with van der Waals surface area (Å²) >= 11 is 0. The minimum absolute atomic E-state index is 0.0442. The van der Waals surface area contributed by atoms with Gasteiger partial charge in [0, 0.05) is 0 Å². The van der Waals surface area contributed by atoms with Crippen LogP contribution in [0.5, 0.6) is 29.3 Å². The van der Waals surface area contributed by atoms with Crippen LogP contribution in [0.1, 0.15) is 37.7 Å². The molecule has 1 N–H and O–H groups in total. The van der Waals surface area contributed by atoms with Crippen molar-refractivity contribution in [3.8, 4) is 29.3 Å². The molecule has 11 nitrogen and oxygen atoms in total. The van der Waals surface area contributed by atoms with E-state index in [1.807, 2.05) is 19.1 Å². The third kappa shape index (κ3) is 8.16. The normalized spacial score (nSPS) is 12.8. The van der Waals surface area contributed by atoms with Gasteiger partial charge in [-0.05, 0) is 57.5 Å². The number of nitrogens with one attached hydrogen (secondary N) is 1. The number of aryl methyl sites for hydroxylation is 1. The van der Waals surface area contributed by atoms with Gasteiger partial charge in [-0.25, -0.2) is 0 Å². The number of hydrogen-bond donors (Lipinski definition) is 1. The zero-order valence-corrected chi connectivity index (χ0v) is 23.8. The Morgan fingerprint density at radius 3 is 1.95 bits per heavy atom. The van der Waals surface area contributed by atoms with E-state index in [1.54, 1.807) is 57.2 Å². The lowest BCUT2D eigenvalue weighted by Crippen LogP contribution is -2.39. The molecule has 39 heavy (non-hydrogen) atoms. The highest BCUT2D eigenvalue weighted by molar-refractivity contribution is 7.54. The number of amides is 1. The predicted molar refractivity (Wildman–Crippen MR) is 145 cm³/mol. The molecule has 2 unspecified atom stereocenters. The number of aromatic nitrogens is 2. The van der Waals surface area contributed by atoms with Crippen LogP contribution in [0.4, 0.5) is 0 Å². The summed E-state index contributed by atoms with van der Waals surface area (Å²) in [4.78, 5) is 21.4. The number of ether oxygens (including phenoxy) is 4. The molecule has 3 aromatic rings. The second-order valence-corrected chi connectivity index (χ2v) is 10.4. The number of carbonyl (C=O) groups is 1. The van der Waals surface area contributed by atoms with E-state index >= 15 is 0 Å². The molecule has 0 aliphatic heterocycles. The monoisotopic (exact) mass is 559 g/mol. The van der Waals surface area contributed by atoms with Gasteiger partial charge < -0.3 is 33.3 Å². The van der Waals surface area contributed by atoms with E-state index in [2.05, 4.69) is 15.3 Å². The quantitative estimate of drug-likeness (QED) is 0.255. The van der Waals surface area contributed by atoms with Gasteiger partial charge in [0.2, 0.25) is 11.8 Å².